The molecule has 6 heteroatoms. The van der Waals surface area contributed by atoms with E-state index in [1.807, 2.05) is 4.98 Å². The molecule has 0 aliphatic heterocycles. The van der Waals surface area contributed by atoms with Crippen LogP contribution in [0.25, 0.3) is 5.73 Å². The van der Waals surface area contributed by atoms with Crippen molar-refractivity contribution < 1.29 is 13.2 Å². The van der Waals surface area contributed by atoms with E-state index in [1.165, 1.54) is 6.92 Å². The van der Waals surface area contributed by atoms with Crippen molar-refractivity contribution in [3.8, 4) is 0 Å². The SMILES string of the molecule is C[C@H]([NH-])c1ncc(C(F)(F)F)[nH]1. The third kappa shape index (κ3) is 1.76. The van der Waals surface area contributed by atoms with Crippen molar-refractivity contribution in [2.24, 2.45) is 0 Å². The monoisotopic (exact) mass is 178 g/mol. The Morgan fingerprint density at radius 3 is 2.42 bits per heavy atom. The van der Waals surface area contributed by atoms with E-state index in [1.54, 1.807) is 0 Å². The number of hydrogen-bond donors (Lipinski definition) is 1. The van der Waals surface area contributed by atoms with E-state index in [0.717, 1.165) is 0 Å². The normalized spacial score (nSPS) is 14.8. The van der Waals surface area contributed by atoms with E-state index in [-0.39, 0.29) is 5.82 Å². The lowest BCUT2D eigenvalue weighted by Gasteiger charge is -2.08. The molecule has 12 heavy (non-hydrogen) atoms. The average Bonchev–Trinajstić information content (AvgIpc) is 2.30. The van der Waals surface area contributed by atoms with Crippen LogP contribution >= 0.6 is 0 Å². The van der Waals surface area contributed by atoms with E-state index in [0.29, 0.717) is 6.20 Å². The average molecular weight is 178 g/mol. The number of H-pyrrole nitrogens is 1. The Morgan fingerprint density at radius 2 is 2.17 bits per heavy atom. The number of alkyl halides is 3. The fourth-order valence-corrected chi connectivity index (χ4v) is 0.701. The van der Waals surface area contributed by atoms with Gasteiger partial charge < -0.3 is 10.7 Å². The summed E-state index contributed by atoms with van der Waals surface area (Å²) in [7, 11) is 0. The molecule has 0 amide bonds. The van der Waals surface area contributed by atoms with Crippen molar-refractivity contribution in [3.05, 3.63) is 23.4 Å². The number of imidazole rings is 1. The highest BCUT2D eigenvalue weighted by Crippen LogP contribution is 2.28. The highest BCUT2D eigenvalue weighted by molar-refractivity contribution is 5.08. The van der Waals surface area contributed by atoms with Gasteiger partial charge in [0, 0.05) is 0 Å². The van der Waals surface area contributed by atoms with Gasteiger partial charge in [-0.05, 0) is 0 Å². The van der Waals surface area contributed by atoms with Crippen molar-refractivity contribution in [2.45, 2.75) is 19.1 Å². The molecule has 0 saturated carbocycles. The second-order valence-electron chi connectivity index (χ2n) is 2.40. The van der Waals surface area contributed by atoms with E-state index in [9.17, 15) is 13.2 Å². The van der Waals surface area contributed by atoms with Gasteiger partial charge in [-0.3, -0.25) is 0 Å². The Morgan fingerprint density at radius 1 is 1.58 bits per heavy atom. The van der Waals surface area contributed by atoms with E-state index < -0.39 is 17.9 Å². The number of aromatic amines is 1. The minimum absolute atomic E-state index is 0.0299. The molecule has 0 spiro atoms. The Bertz CT molecular complexity index is 263. The fourth-order valence-electron chi connectivity index (χ4n) is 0.701. The molecule has 0 fully saturated rings. The lowest BCUT2D eigenvalue weighted by molar-refractivity contribution is -0.140. The summed E-state index contributed by atoms with van der Waals surface area (Å²) in [5.41, 5.74) is 6.17. The van der Waals surface area contributed by atoms with Crippen LogP contribution in [0.1, 0.15) is 24.5 Å². The number of aromatic nitrogens is 2. The molecule has 2 N–H and O–H groups in total. The van der Waals surface area contributed by atoms with Gasteiger partial charge in [-0.2, -0.15) is 13.2 Å². The molecule has 0 unspecified atom stereocenters. The van der Waals surface area contributed by atoms with Gasteiger partial charge in [-0.25, -0.2) is 4.98 Å². The quantitative estimate of drug-likeness (QED) is 0.705. The zero-order chi connectivity index (χ0) is 9.35. The summed E-state index contributed by atoms with van der Waals surface area (Å²) in [6, 6.07) is -0.763. The second kappa shape index (κ2) is 2.78. The summed E-state index contributed by atoms with van der Waals surface area (Å²) in [5.74, 6) is 0.0299. The van der Waals surface area contributed by atoms with Crippen LogP contribution in [-0.2, 0) is 6.18 Å². The molecule has 0 aliphatic carbocycles. The molecule has 0 saturated heterocycles. The molecule has 0 aromatic carbocycles. The molecule has 1 heterocycles. The lowest BCUT2D eigenvalue weighted by atomic mass is 10.3. The molecule has 68 valence electrons. The van der Waals surface area contributed by atoms with E-state index in [2.05, 4.69) is 4.98 Å². The maximum Gasteiger partial charge on any atom is 0.432 e. The van der Waals surface area contributed by atoms with Crippen LogP contribution in [0.3, 0.4) is 0 Å². The molecule has 1 rings (SSSR count). The molecule has 3 nitrogen and oxygen atoms in total. The summed E-state index contributed by atoms with van der Waals surface area (Å²) < 4.78 is 35.8. The van der Waals surface area contributed by atoms with Gasteiger partial charge in [0.15, 0.2) is 0 Å². The van der Waals surface area contributed by atoms with Crippen molar-refractivity contribution in [3.63, 3.8) is 0 Å². The van der Waals surface area contributed by atoms with Gasteiger partial charge in [-0.1, -0.05) is 13.0 Å². The second-order valence-corrected chi connectivity index (χ2v) is 2.40. The van der Waals surface area contributed by atoms with Crippen LogP contribution < -0.4 is 0 Å². The van der Waals surface area contributed by atoms with Crippen LogP contribution in [0.15, 0.2) is 6.20 Å². The van der Waals surface area contributed by atoms with Crippen LogP contribution in [0.4, 0.5) is 13.2 Å². The fraction of sp³-hybridized carbons (Fsp3) is 0.500. The van der Waals surface area contributed by atoms with Crippen molar-refractivity contribution >= 4 is 0 Å². The van der Waals surface area contributed by atoms with Crippen LogP contribution in [0.5, 0.6) is 0 Å². The highest BCUT2D eigenvalue weighted by Gasteiger charge is 2.32. The van der Waals surface area contributed by atoms with Crippen molar-refractivity contribution in [1.29, 1.82) is 0 Å². The number of hydrogen-bond acceptors (Lipinski definition) is 1. The molecule has 0 bridgehead atoms. The summed E-state index contributed by atoms with van der Waals surface area (Å²) in [5, 5.41) is 0. The predicted molar refractivity (Wildman–Crippen MR) is 36.3 cm³/mol. The Kier molecular flexibility index (Phi) is 2.10. The van der Waals surface area contributed by atoms with Crippen LogP contribution in [-0.4, -0.2) is 9.97 Å². The first-order valence-corrected chi connectivity index (χ1v) is 3.24. The number of halogens is 3. The number of rotatable bonds is 1. The minimum Gasteiger partial charge on any atom is -0.669 e. The third-order valence-corrected chi connectivity index (χ3v) is 1.31. The van der Waals surface area contributed by atoms with Crippen LogP contribution in [0.2, 0.25) is 0 Å². The van der Waals surface area contributed by atoms with Crippen molar-refractivity contribution in [2.75, 3.05) is 0 Å². The topological polar surface area (TPSA) is 52.5 Å². The third-order valence-electron chi connectivity index (χ3n) is 1.31. The molecular formula is C6H7F3N3-. The number of nitrogens with zero attached hydrogens (tertiary/aromatic N) is 1. The largest absolute Gasteiger partial charge is 0.669 e. The van der Waals surface area contributed by atoms with Gasteiger partial charge in [0.2, 0.25) is 0 Å². The van der Waals surface area contributed by atoms with Gasteiger partial charge in [0.1, 0.15) is 5.69 Å². The zero-order valence-electron chi connectivity index (χ0n) is 6.24. The first-order chi connectivity index (χ1) is 5.41. The number of nitrogens with one attached hydrogen (secondary N) is 2. The lowest BCUT2D eigenvalue weighted by Crippen LogP contribution is -2.05. The zero-order valence-corrected chi connectivity index (χ0v) is 6.24. The standard InChI is InChI=1S/C6H7F3N3/c1-3(10)5-11-2-4(12-5)6(7,8)9/h2-3,10H,1H3,(H,11,12)/q-1/t3-/m0/s1. The summed E-state index contributed by atoms with van der Waals surface area (Å²) in [6.07, 6.45) is -3.71. The van der Waals surface area contributed by atoms with Crippen molar-refractivity contribution in [1.82, 2.24) is 9.97 Å². The summed E-state index contributed by atoms with van der Waals surface area (Å²) in [4.78, 5) is 5.45. The first-order valence-electron chi connectivity index (χ1n) is 3.24. The summed E-state index contributed by atoms with van der Waals surface area (Å²) in [6.45, 7) is 1.44. The van der Waals surface area contributed by atoms with Gasteiger partial charge in [0.25, 0.3) is 0 Å². The first kappa shape index (κ1) is 9.05. The van der Waals surface area contributed by atoms with Crippen LogP contribution in [0, 0.1) is 0 Å². The maximum absolute atomic E-state index is 11.9. The van der Waals surface area contributed by atoms with Gasteiger partial charge >= 0.3 is 6.18 Å². The highest BCUT2D eigenvalue weighted by atomic mass is 19.4. The molecule has 1 aromatic rings. The predicted octanol–water partition coefficient (Wildman–Crippen LogP) is 2.54. The smallest absolute Gasteiger partial charge is 0.432 e. The van der Waals surface area contributed by atoms with E-state index >= 15 is 0 Å². The minimum atomic E-state index is -4.40. The summed E-state index contributed by atoms with van der Waals surface area (Å²) >= 11 is 0. The molecule has 1 aromatic heterocycles. The maximum atomic E-state index is 11.9. The molecular weight excluding hydrogens is 171 g/mol. The molecule has 0 radical (unpaired) electrons. The van der Waals surface area contributed by atoms with Gasteiger partial charge in [-0.15, -0.1) is 0 Å². The van der Waals surface area contributed by atoms with Gasteiger partial charge in [0.05, 0.1) is 12.0 Å². The Balaban J connectivity index is 2.92. The molecule has 0 aliphatic rings. The molecule has 1 atom stereocenters. The Labute approximate surface area is 66.8 Å². The Hall–Kier alpha value is -1.04. The van der Waals surface area contributed by atoms with E-state index in [4.69, 9.17) is 5.73 Å².